The van der Waals surface area contributed by atoms with E-state index in [4.69, 9.17) is 0 Å². The third-order valence-electron chi connectivity index (χ3n) is 5.33. The number of likely N-dealkylation sites (tertiary alicyclic amines) is 1. The summed E-state index contributed by atoms with van der Waals surface area (Å²) in [4.78, 5) is 2.68. The van der Waals surface area contributed by atoms with Crippen molar-refractivity contribution in [2.75, 3.05) is 18.4 Å². The minimum atomic E-state index is 0.661. The van der Waals surface area contributed by atoms with Crippen molar-refractivity contribution in [3.05, 3.63) is 28.2 Å². The van der Waals surface area contributed by atoms with Crippen LogP contribution < -0.4 is 5.32 Å². The van der Waals surface area contributed by atoms with Gasteiger partial charge in [-0.3, -0.25) is 0 Å². The molecule has 21 heavy (non-hydrogen) atoms. The van der Waals surface area contributed by atoms with Crippen LogP contribution in [0.1, 0.15) is 38.7 Å². The van der Waals surface area contributed by atoms with E-state index >= 15 is 0 Å². The molecule has 1 aliphatic heterocycles. The maximum Gasteiger partial charge on any atom is 0.0345 e. The molecule has 0 spiro atoms. The number of benzene rings is 1. The van der Waals surface area contributed by atoms with Gasteiger partial charge in [-0.1, -0.05) is 22.4 Å². The Labute approximate surface area is 137 Å². The van der Waals surface area contributed by atoms with Crippen LogP contribution in [0.5, 0.6) is 0 Å². The number of hydrogen-bond acceptors (Lipinski definition) is 2. The first kappa shape index (κ1) is 15.4. The molecule has 1 saturated carbocycles. The number of halogens is 1. The van der Waals surface area contributed by atoms with Crippen LogP contribution in [0.15, 0.2) is 22.7 Å². The first-order valence-electron chi connectivity index (χ1n) is 8.31. The highest BCUT2D eigenvalue weighted by atomic mass is 79.9. The monoisotopic (exact) mass is 350 g/mol. The molecule has 2 nitrogen and oxygen atoms in total. The van der Waals surface area contributed by atoms with Crippen molar-refractivity contribution < 1.29 is 0 Å². The molecule has 1 heterocycles. The van der Waals surface area contributed by atoms with E-state index in [1.54, 1.807) is 0 Å². The molecule has 1 aromatic carbocycles. The summed E-state index contributed by atoms with van der Waals surface area (Å²) in [6.07, 6.45) is 4.18. The third-order valence-corrected chi connectivity index (χ3v) is 6.21. The Kier molecular flexibility index (Phi) is 4.60. The molecule has 0 radical (unpaired) electrons. The SMILES string of the molecule is Cc1cc(NC2C3CCCC2CN(C(C)C)C3)ccc1Br. The number of aryl methyl sites for hydroxylation is 1. The smallest absolute Gasteiger partial charge is 0.0345 e. The second-order valence-corrected chi connectivity index (χ2v) is 7.99. The molecule has 2 aliphatic rings. The third kappa shape index (κ3) is 3.29. The van der Waals surface area contributed by atoms with E-state index in [-0.39, 0.29) is 0 Å². The Hall–Kier alpha value is -0.540. The van der Waals surface area contributed by atoms with E-state index in [1.807, 2.05) is 0 Å². The van der Waals surface area contributed by atoms with Gasteiger partial charge in [-0.25, -0.2) is 0 Å². The number of piperidine rings is 1. The van der Waals surface area contributed by atoms with Crippen LogP contribution >= 0.6 is 15.9 Å². The van der Waals surface area contributed by atoms with Gasteiger partial charge in [0, 0.05) is 35.3 Å². The lowest BCUT2D eigenvalue weighted by molar-refractivity contribution is 0.0518. The van der Waals surface area contributed by atoms with Crippen molar-refractivity contribution in [2.45, 2.75) is 52.1 Å². The fourth-order valence-corrected chi connectivity index (χ4v) is 4.30. The van der Waals surface area contributed by atoms with Gasteiger partial charge in [0.15, 0.2) is 0 Å². The van der Waals surface area contributed by atoms with Crippen molar-refractivity contribution >= 4 is 21.6 Å². The van der Waals surface area contributed by atoms with Crippen molar-refractivity contribution in [1.29, 1.82) is 0 Å². The number of hydrogen-bond donors (Lipinski definition) is 1. The molecule has 3 rings (SSSR count). The maximum absolute atomic E-state index is 3.86. The second kappa shape index (κ2) is 6.29. The summed E-state index contributed by atoms with van der Waals surface area (Å²) in [6.45, 7) is 9.36. The Bertz CT molecular complexity index is 486. The van der Waals surface area contributed by atoms with Crippen LogP contribution in [-0.4, -0.2) is 30.1 Å². The van der Waals surface area contributed by atoms with Crippen LogP contribution in [-0.2, 0) is 0 Å². The zero-order valence-corrected chi connectivity index (χ0v) is 15.0. The van der Waals surface area contributed by atoms with Crippen molar-refractivity contribution in [1.82, 2.24) is 4.90 Å². The van der Waals surface area contributed by atoms with Gasteiger partial charge in [0.2, 0.25) is 0 Å². The molecule has 1 aromatic rings. The van der Waals surface area contributed by atoms with Gasteiger partial charge >= 0.3 is 0 Å². The predicted octanol–water partition coefficient (Wildman–Crippen LogP) is 4.68. The van der Waals surface area contributed by atoms with Crippen molar-refractivity contribution in [2.24, 2.45) is 11.8 Å². The summed E-state index contributed by atoms with van der Waals surface area (Å²) in [6, 6.07) is 7.99. The van der Waals surface area contributed by atoms with Crippen LogP contribution in [0.2, 0.25) is 0 Å². The summed E-state index contributed by atoms with van der Waals surface area (Å²) in [5.74, 6) is 1.62. The van der Waals surface area contributed by atoms with Gasteiger partial charge in [-0.05, 0) is 69.2 Å². The largest absolute Gasteiger partial charge is 0.382 e. The topological polar surface area (TPSA) is 15.3 Å². The molecule has 3 heteroatoms. The summed E-state index contributed by atoms with van der Waals surface area (Å²) in [7, 11) is 0. The van der Waals surface area contributed by atoms with Crippen LogP contribution in [0.4, 0.5) is 5.69 Å². The summed E-state index contributed by atoms with van der Waals surface area (Å²) >= 11 is 3.59. The lowest BCUT2D eigenvalue weighted by atomic mass is 9.73. The van der Waals surface area contributed by atoms with Gasteiger partial charge in [0.05, 0.1) is 0 Å². The summed E-state index contributed by atoms with van der Waals surface area (Å²) in [5, 5.41) is 3.86. The molecule has 2 atom stereocenters. The minimum Gasteiger partial charge on any atom is -0.382 e. The summed E-state index contributed by atoms with van der Waals surface area (Å²) in [5.41, 5.74) is 2.60. The molecular weight excluding hydrogens is 324 g/mol. The number of nitrogens with one attached hydrogen (secondary N) is 1. The minimum absolute atomic E-state index is 0.661. The highest BCUT2D eigenvalue weighted by Crippen LogP contribution is 2.37. The normalized spacial score (nSPS) is 29.7. The highest BCUT2D eigenvalue weighted by molar-refractivity contribution is 9.10. The predicted molar refractivity (Wildman–Crippen MR) is 93.8 cm³/mol. The molecule has 116 valence electrons. The van der Waals surface area contributed by atoms with E-state index in [1.165, 1.54) is 48.1 Å². The van der Waals surface area contributed by atoms with Gasteiger partial charge in [0.25, 0.3) is 0 Å². The summed E-state index contributed by atoms with van der Waals surface area (Å²) < 4.78 is 1.20. The molecule has 2 bridgehead atoms. The number of anilines is 1. The number of nitrogens with zero attached hydrogens (tertiary/aromatic N) is 1. The average molecular weight is 351 g/mol. The molecule has 0 amide bonds. The molecular formula is C18H27BrN2. The molecule has 0 aromatic heterocycles. The van der Waals surface area contributed by atoms with Crippen molar-refractivity contribution in [3.63, 3.8) is 0 Å². The van der Waals surface area contributed by atoms with Gasteiger partial charge in [-0.2, -0.15) is 0 Å². The van der Waals surface area contributed by atoms with E-state index in [9.17, 15) is 0 Å². The molecule has 2 unspecified atom stereocenters. The molecule has 1 saturated heterocycles. The lowest BCUT2D eigenvalue weighted by Gasteiger charge is -2.49. The number of fused-ring (bicyclic) bond motifs is 2. The molecule has 1 N–H and O–H groups in total. The zero-order valence-electron chi connectivity index (χ0n) is 13.4. The Morgan fingerprint density at radius 1 is 1.19 bits per heavy atom. The fourth-order valence-electron chi connectivity index (χ4n) is 4.06. The molecule has 1 aliphatic carbocycles. The second-order valence-electron chi connectivity index (χ2n) is 7.13. The van der Waals surface area contributed by atoms with Gasteiger partial charge < -0.3 is 10.2 Å². The van der Waals surface area contributed by atoms with E-state index in [0.717, 1.165) is 11.8 Å². The van der Waals surface area contributed by atoms with Gasteiger partial charge in [0.1, 0.15) is 0 Å². The standard InChI is InChI=1S/C18H27BrN2/c1-12(2)21-10-14-5-4-6-15(11-21)18(14)20-16-7-8-17(19)13(3)9-16/h7-9,12,14-15,18,20H,4-6,10-11H2,1-3H3. The lowest BCUT2D eigenvalue weighted by Crippen LogP contribution is -2.56. The number of rotatable bonds is 3. The molecule has 2 fully saturated rings. The van der Waals surface area contributed by atoms with Crippen LogP contribution in [0.3, 0.4) is 0 Å². The maximum atomic E-state index is 3.86. The van der Waals surface area contributed by atoms with Gasteiger partial charge in [-0.15, -0.1) is 0 Å². The highest BCUT2D eigenvalue weighted by Gasteiger charge is 2.39. The first-order valence-corrected chi connectivity index (χ1v) is 9.10. The van der Waals surface area contributed by atoms with E-state index in [0.29, 0.717) is 12.1 Å². The van der Waals surface area contributed by atoms with Crippen LogP contribution in [0.25, 0.3) is 0 Å². The Morgan fingerprint density at radius 3 is 2.43 bits per heavy atom. The Morgan fingerprint density at radius 2 is 1.86 bits per heavy atom. The average Bonchev–Trinajstić information content (AvgIpc) is 2.42. The zero-order chi connectivity index (χ0) is 15.0. The van der Waals surface area contributed by atoms with E-state index in [2.05, 4.69) is 65.1 Å². The first-order chi connectivity index (χ1) is 10.0. The fraction of sp³-hybridized carbons (Fsp3) is 0.667. The van der Waals surface area contributed by atoms with E-state index < -0.39 is 0 Å². The van der Waals surface area contributed by atoms with Crippen molar-refractivity contribution in [3.8, 4) is 0 Å². The van der Waals surface area contributed by atoms with Crippen LogP contribution in [0, 0.1) is 18.8 Å². The Balaban J connectivity index is 1.74. The quantitative estimate of drug-likeness (QED) is 0.851.